The van der Waals surface area contributed by atoms with Gasteiger partial charge >= 0.3 is 0 Å². The van der Waals surface area contributed by atoms with Crippen LogP contribution in [0.4, 0.5) is 5.69 Å². The molecule has 0 aliphatic heterocycles. The molecule has 1 N–H and O–H groups in total. The fourth-order valence-corrected chi connectivity index (χ4v) is 2.90. The molecule has 2 aromatic rings. The summed E-state index contributed by atoms with van der Waals surface area (Å²) in [5.41, 5.74) is 0.798. The number of sulfone groups is 1. The summed E-state index contributed by atoms with van der Waals surface area (Å²) in [6.45, 7) is 0. The monoisotopic (exact) mass is 383 g/mol. The standard InChI is InChI=1S/C15H14BrNO4S/c1-21-11-6-7-14(16)13(9-11)15(18)17-10-4-3-5-12(8-10)22(2,19)20/h3-9H,1-2H3,(H,17,18). The zero-order valence-electron chi connectivity index (χ0n) is 12.0. The van der Waals surface area contributed by atoms with E-state index in [0.29, 0.717) is 21.5 Å². The first-order valence-corrected chi connectivity index (χ1v) is 8.94. The Morgan fingerprint density at radius 1 is 1.18 bits per heavy atom. The predicted molar refractivity (Wildman–Crippen MR) is 88.2 cm³/mol. The number of methoxy groups -OCH3 is 1. The number of carbonyl (C=O) groups excluding carboxylic acids is 1. The smallest absolute Gasteiger partial charge is 0.256 e. The van der Waals surface area contributed by atoms with Gasteiger partial charge in [-0.1, -0.05) is 6.07 Å². The average molecular weight is 384 g/mol. The van der Waals surface area contributed by atoms with E-state index in [1.54, 1.807) is 30.3 Å². The molecular weight excluding hydrogens is 370 g/mol. The number of benzene rings is 2. The molecular formula is C15H14BrNO4S. The Hall–Kier alpha value is -1.86. The second kappa shape index (κ2) is 6.50. The van der Waals surface area contributed by atoms with Gasteiger partial charge in [-0.05, 0) is 52.3 Å². The highest BCUT2D eigenvalue weighted by molar-refractivity contribution is 9.10. The van der Waals surface area contributed by atoms with Crippen molar-refractivity contribution in [2.75, 3.05) is 18.7 Å². The highest BCUT2D eigenvalue weighted by Crippen LogP contribution is 2.24. The van der Waals surface area contributed by atoms with Gasteiger partial charge in [0.15, 0.2) is 9.84 Å². The van der Waals surface area contributed by atoms with E-state index in [1.165, 1.54) is 19.2 Å². The molecule has 0 saturated heterocycles. The van der Waals surface area contributed by atoms with Crippen LogP contribution in [0.5, 0.6) is 5.75 Å². The van der Waals surface area contributed by atoms with E-state index in [4.69, 9.17) is 4.74 Å². The maximum absolute atomic E-state index is 12.3. The first kappa shape index (κ1) is 16.5. The molecule has 0 aromatic heterocycles. The molecule has 0 saturated carbocycles. The molecule has 5 nitrogen and oxygen atoms in total. The highest BCUT2D eigenvalue weighted by atomic mass is 79.9. The topological polar surface area (TPSA) is 72.5 Å². The van der Waals surface area contributed by atoms with Crippen molar-refractivity contribution in [3.05, 3.63) is 52.5 Å². The van der Waals surface area contributed by atoms with Crippen molar-refractivity contribution in [1.29, 1.82) is 0 Å². The molecule has 2 aromatic carbocycles. The molecule has 22 heavy (non-hydrogen) atoms. The second-order valence-corrected chi connectivity index (χ2v) is 7.47. The zero-order chi connectivity index (χ0) is 16.3. The van der Waals surface area contributed by atoms with Gasteiger partial charge in [0.2, 0.25) is 0 Å². The lowest BCUT2D eigenvalue weighted by Gasteiger charge is -2.09. The minimum atomic E-state index is -3.33. The molecule has 1 amide bonds. The van der Waals surface area contributed by atoms with E-state index in [-0.39, 0.29) is 10.8 Å². The summed E-state index contributed by atoms with van der Waals surface area (Å²) in [5, 5.41) is 2.67. The number of nitrogens with one attached hydrogen (secondary N) is 1. The third-order valence-corrected chi connectivity index (χ3v) is 4.74. The van der Waals surface area contributed by atoms with E-state index in [9.17, 15) is 13.2 Å². The highest BCUT2D eigenvalue weighted by Gasteiger charge is 2.13. The Bertz CT molecular complexity index is 818. The van der Waals surface area contributed by atoms with Crippen LogP contribution in [-0.4, -0.2) is 27.7 Å². The Morgan fingerprint density at radius 2 is 1.91 bits per heavy atom. The van der Waals surface area contributed by atoms with Gasteiger partial charge in [0, 0.05) is 16.4 Å². The van der Waals surface area contributed by atoms with Crippen molar-refractivity contribution in [3.63, 3.8) is 0 Å². The number of hydrogen-bond donors (Lipinski definition) is 1. The Kier molecular flexibility index (Phi) is 4.87. The van der Waals surface area contributed by atoms with E-state index >= 15 is 0 Å². The minimum Gasteiger partial charge on any atom is -0.497 e. The molecule has 0 fully saturated rings. The van der Waals surface area contributed by atoms with Crippen molar-refractivity contribution in [2.45, 2.75) is 4.90 Å². The molecule has 0 spiro atoms. The van der Waals surface area contributed by atoms with Crippen LogP contribution < -0.4 is 10.1 Å². The summed E-state index contributed by atoms with van der Waals surface area (Å²) in [4.78, 5) is 12.5. The maximum atomic E-state index is 12.3. The molecule has 7 heteroatoms. The first-order valence-electron chi connectivity index (χ1n) is 6.26. The van der Waals surface area contributed by atoms with Gasteiger partial charge in [0.1, 0.15) is 5.75 Å². The van der Waals surface area contributed by atoms with E-state index in [1.807, 2.05) is 0 Å². The van der Waals surface area contributed by atoms with E-state index < -0.39 is 9.84 Å². The van der Waals surface area contributed by atoms with Crippen LogP contribution in [0, 0.1) is 0 Å². The van der Waals surface area contributed by atoms with Gasteiger partial charge in [-0.3, -0.25) is 4.79 Å². The van der Waals surface area contributed by atoms with Gasteiger partial charge in [0.05, 0.1) is 17.6 Å². The molecule has 0 unspecified atom stereocenters. The van der Waals surface area contributed by atoms with Crippen molar-refractivity contribution < 1.29 is 17.9 Å². The number of amides is 1. The van der Waals surface area contributed by atoms with Gasteiger partial charge in [-0.15, -0.1) is 0 Å². The maximum Gasteiger partial charge on any atom is 0.256 e. The SMILES string of the molecule is COc1ccc(Br)c(C(=O)Nc2cccc(S(C)(=O)=O)c2)c1. The van der Waals surface area contributed by atoms with Crippen molar-refractivity contribution in [1.82, 2.24) is 0 Å². The summed E-state index contributed by atoms with van der Waals surface area (Å²) < 4.78 is 28.8. The minimum absolute atomic E-state index is 0.148. The molecule has 0 heterocycles. The summed E-state index contributed by atoms with van der Waals surface area (Å²) in [7, 11) is -1.81. The van der Waals surface area contributed by atoms with Crippen LogP contribution in [0.25, 0.3) is 0 Å². The lowest BCUT2D eigenvalue weighted by Crippen LogP contribution is -2.13. The van der Waals surface area contributed by atoms with Crippen LogP contribution in [0.2, 0.25) is 0 Å². The van der Waals surface area contributed by atoms with Gasteiger partial charge < -0.3 is 10.1 Å². The number of hydrogen-bond acceptors (Lipinski definition) is 4. The summed E-state index contributed by atoms with van der Waals surface area (Å²) in [6.07, 6.45) is 1.12. The number of rotatable bonds is 4. The van der Waals surface area contributed by atoms with Crippen LogP contribution >= 0.6 is 15.9 Å². The molecule has 2 rings (SSSR count). The quantitative estimate of drug-likeness (QED) is 0.879. The Morgan fingerprint density at radius 3 is 2.55 bits per heavy atom. The third-order valence-electron chi connectivity index (χ3n) is 2.94. The van der Waals surface area contributed by atoms with Crippen molar-refractivity contribution >= 4 is 37.4 Å². The van der Waals surface area contributed by atoms with Crippen LogP contribution in [-0.2, 0) is 9.84 Å². The Balaban J connectivity index is 2.30. The van der Waals surface area contributed by atoms with Gasteiger partial charge in [-0.25, -0.2) is 8.42 Å². The first-order chi connectivity index (χ1) is 10.3. The largest absolute Gasteiger partial charge is 0.497 e. The number of ether oxygens (including phenoxy) is 1. The van der Waals surface area contributed by atoms with Crippen molar-refractivity contribution in [2.24, 2.45) is 0 Å². The summed E-state index contributed by atoms with van der Waals surface area (Å²) >= 11 is 3.31. The molecule has 116 valence electrons. The summed E-state index contributed by atoms with van der Waals surface area (Å²) in [5.74, 6) is 0.190. The number of anilines is 1. The fraction of sp³-hybridized carbons (Fsp3) is 0.133. The van der Waals surface area contributed by atoms with Gasteiger partial charge in [0.25, 0.3) is 5.91 Å². The third kappa shape index (κ3) is 3.86. The van der Waals surface area contributed by atoms with E-state index in [2.05, 4.69) is 21.2 Å². The average Bonchev–Trinajstić information content (AvgIpc) is 2.47. The van der Waals surface area contributed by atoms with Crippen LogP contribution in [0.15, 0.2) is 51.8 Å². The fourth-order valence-electron chi connectivity index (χ4n) is 1.81. The lowest BCUT2D eigenvalue weighted by molar-refractivity contribution is 0.102. The van der Waals surface area contributed by atoms with Crippen molar-refractivity contribution in [3.8, 4) is 5.75 Å². The Labute approximate surface area is 137 Å². The second-order valence-electron chi connectivity index (χ2n) is 4.60. The zero-order valence-corrected chi connectivity index (χ0v) is 14.4. The predicted octanol–water partition coefficient (Wildman–Crippen LogP) is 3.11. The molecule has 0 aliphatic rings. The van der Waals surface area contributed by atoms with E-state index in [0.717, 1.165) is 6.26 Å². The van der Waals surface area contributed by atoms with Gasteiger partial charge in [-0.2, -0.15) is 0 Å². The normalized spacial score (nSPS) is 11.0. The molecule has 0 atom stereocenters. The number of carbonyl (C=O) groups is 1. The van der Waals surface area contributed by atoms with Crippen LogP contribution in [0.1, 0.15) is 10.4 Å². The number of halogens is 1. The molecule has 0 radical (unpaired) electrons. The molecule has 0 aliphatic carbocycles. The lowest BCUT2D eigenvalue weighted by atomic mass is 10.2. The summed E-state index contributed by atoms with van der Waals surface area (Å²) in [6, 6.07) is 11.1. The molecule has 0 bridgehead atoms. The van der Waals surface area contributed by atoms with Crippen LogP contribution in [0.3, 0.4) is 0 Å².